The van der Waals surface area contributed by atoms with Crippen molar-refractivity contribution < 1.29 is 22.4 Å². The average Bonchev–Trinajstić information content (AvgIpc) is 2.29. The van der Waals surface area contributed by atoms with Gasteiger partial charge < -0.3 is 11.1 Å². The van der Waals surface area contributed by atoms with Crippen molar-refractivity contribution in [2.75, 3.05) is 12.3 Å². The number of amides is 1. The van der Waals surface area contributed by atoms with Crippen LogP contribution in [0.3, 0.4) is 0 Å². The summed E-state index contributed by atoms with van der Waals surface area (Å²) in [5.74, 6) is -5.19. The summed E-state index contributed by atoms with van der Waals surface area (Å²) >= 11 is 0. The molecule has 0 atom stereocenters. The fourth-order valence-electron chi connectivity index (χ4n) is 1.15. The maximum Gasteiger partial charge on any atom is 0.324 e. The van der Waals surface area contributed by atoms with Crippen LogP contribution in [0.15, 0.2) is 12.3 Å². The van der Waals surface area contributed by atoms with Gasteiger partial charge in [0, 0.05) is 0 Å². The number of aryl methyl sites for hydroxylation is 1. The standard InChI is InChI=1S/C10H11F4N3O/c1-5-7(2-6(15)3-16-5)8(18)17-4-10(13,14)9(11)12/h2-3,9H,4,15H2,1H3,(H,17,18). The van der Waals surface area contributed by atoms with Gasteiger partial charge in [-0.2, -0.15) is 8.78 Å². The monoisotopic (exact) mass is 265 g/mol. The normalized spacial score (nSPS) is 11.7. The molecule has 0 saturated carbocycles. The van der Waals surface area contributed by atoms with E-state index in [-0.39, 0.29) is 16.9 Å². The average molecular weight is 265 g/mol. The quantitative estimate of drug-likeness (QED) is 0.812. The highest BCUT2D eigenvalue weighted by molar-refractivity contribution is 5.95. The second-order valence-corrected chi connectivity index (χ2v) is 3.65. The molecular formula is C10H11F4N3O. The van der Waals surface area contributed by atoms with Crippen molar-refractivity contribution in [1.29, 1.82) is 0 Å². The number of alkyl halides is 4. The molecule has 0 aliphatic heterocycles. The number of nitrogens with one attached hydrogen (secondary N) is 1. The Kier molecular flexibility index (Phi) is 4.10. The summed E-state index contributed by atoms with van der Waals surface area (Å²) < 4.78 is 48.9. The Labute approximate surface area is 100 Å². The summed E-state index contributed by atoms with van der Waals surface area (Å²) in [6.07, 6.45) is -2.54. The Balaban J connectivity index is 2.75. The van der Waals surface area contributed by atoms with Gasteiger partial charge in [-0.05, 0) is 13.0 Å². The van der Waals surface area contributed by atoms with E-state index in [1.807, 2.05) is 0 Å². The third-order valence-electron chi connectivity index (χ3n) is 2.16. The molecule has 0 fully saturated rings. The molecule has 0 radical (unpaired) electrons. The van der Waals surface area contributed by atoms with Gasteiger partial charge in [0.05, 0.1) is 29.7 Å². The Bertz CT molecular complexity index is 451. The predicted octanol–water partition coefficient (Wildman–Crippen LogP) is 1.60. The molecule has 8 heteroatoms. The van der Waals surface area contributed by atoms with E-state index in [9.17, 15) is 22.4 Å². The Morgan fingerprint density at radius 1 is 1.56 bits per heavy atom. The molecule has 1 aromatic rings. The first-order chi connectivity index (χ1) is 8.24. The lowest BCUT2D eigenvalue weighted by molar-refractivity contribution is -0.123. The number of pyridine rings is 1. The number of nitrogens with zero attached hydrogens (tertiary/aromatic N) is 1. The zero-order valence-electron chi connectivity index (χ0n) is 9.38. The number of carbonyl (C=O) groups excluding carboxylic acids is 1. The lowest BCUT2D eigenvalue weighted by Crippen LogP contribution is -2.41. The number of rotatable bonds is 4. The van der Waals surface area contributed by atoms with E-state index in [2.05, 4.69) is 4.98 Å². The van der Waals surface area contributed by atoms with Crippen molar-refractivity contribution in [2.24, 2.45) is 0 Å². The van der Waals surface area contributed by atoms with Gasteiger partial charge in [-0.3, -0.25) is 9.78 Å². The van der Waals surface area contributed by atoms with Gasteiger partial charge in [-0.1, -0.05) is 0 Å². The molecule has 1 aromatic heterocycles. The predicted molar refractivity (Wildman–Crippen MR) is 56.7 cm³/mol. The van der Waals surface area contributed by atoms with E-state index >= 15 is 0 Å². The van der Waals surface area contributed by atoms with Crippen molar-refractivity contribution in [3.05, 3.63) is 23.5 Å². The van der Waals surface area contributed by atoms with Gasteiger partial charge in [0.1, 0.15) is 0 Å². The molecule has 0 unspecified atom stereocenters. The zero-order chi connectivity index (χ0) is 13.9. The number of hydrogen-bond acceptors (Lipinski definition) is 3. The third kappa shape index (κ3) is 3.31. The zero-order valence-corrected chi connectivity index (χ0v) is 9.38. The number of nitrogens with two attached hydrogens (primary N) is 1. The summed E-state index contributed by atoms with van der Waals surface area (Å²) in [4.78, 5) is 15.3. The first-order valence-corrected chi connectivity index (χ1v) is 4.90. The number of anilines is 1. The minimum atomic E-state index is -4.27. The highest BCUT2D eigenvalue weighted by Crippen LogP contribution is 2.21. The largest absolute Gasteiger partial charge is 0.397 e. The van der Waals surface area contributed by atoms with Gasteiger partial charge in [-0.25, -0.2) is 8.78 Å². The summed E-state index contributed by atoms with van der Waals surface area (Å²) in [5.41, 5.74) is 5.80. The lowest BCUT2D eigenvalue weighted by atomic mass is 10.2. The molecule has 0 bridgehead atoms. The van der Waals surface area contributed by atoms with Gasteiger partial charge in [0.25, 0.3) is 5.91 Å². The fourth-order valence-corrected chi connectivity index (χ4v) is 1.15. The fraction of sp³-hybridized carbons (Fsp3) is 0.400. The van der Waals surface area contributed by atoms with Crippen LogP contribution < -0.4 is 11.1 Å². The van der Waals surface area contributed by atoms with Crippen molar-refractivity contribution in [2.45, 2.75) is 19.3 Å². The summed E-state index contributed by atoms with van der Waals surface area (Å²) in [7, 11) is 0. The van der Waals surface area contributed by atoms with Crippen LogP contribution in [0.5, 0.6) is 0 Å². The third-order valence-corrected chi connectivity index (χ3v) is 2.16. The maximum atomic E-state index is 12.6. The van der Waals surface area contributed by atoms with Crippen LogP contribution in [0, 0.1) is 6.92 Å². The van der Waals surface area contributed by atoms with E-state index < -0.39 is 24.8 Å². The molecule has 0 aromatic carbocycles. The van der Waals surface area contributed by atoms with Gasteiger partial charge in [0.15, 0.2) is 0 Å². The van der Waals surface area contributed by atoms with Crippen molar-refractivity contribution in [3.8, 4) is 0 Å². The highest BCUT2D eigenvalue weighted by atomic mass is 19.3. The molecule has 3 N–H and O–H groups in total. The molecule has 1 heterocycles. The molecule has 4 nitrogen and oxygen atoms in total. The summed E-state index contributed by atoms with van der Waals surface area (Å²) in [6.45, 7) is 0.0251. The minimum Gasteiger partial charge on any atom is -0.397 e. The number of carbonyl (C=O) groups is 1. The van der Waals surface area contributed by atoms with Crippen LogP contribution in [0.2, 0.25) is 0 Å². The van der Waals surface area contributed by atoms with Crippen molar-refractivity contribution in [1.82, 2.24) is 10.3 Å². The number of aromatic nitrogens is 1. The molecule has 18 heavy (non-hydrogen) atoms. The highest BCUT2D eigenvalue weighted by Gasteiger charge is 2.40. The first kappa shape index (κ1) is 14.2. The number of nitrogen functional groups attached to an aromatic ring is 1. The number of halogens is 4. The minimum absolute atomic E-state index is 0.0277. The Morgan fingerprint density at radius 2 is 2.17 bits per heavy atom. The van der Waals surface area contributed by atoms with Crippen LogP contribution >= 0.6 is 0 Å². The van der Waals surface area contributed by atoms with E-state index in [1.165, 1.54) is 19.2 Å². The van der Waals surface area contributed by atoms with Gasteiger partial charge >= 0.3 is 12.3 Å². The Morgan fingerprint density at radius 3 is 2.72 bits per heavy atom. The molecule has 0 saturated heterocycles. The first-order valence-electron chi connectivity index (χ1n) is 4.90. The van der Waals surface area contributed by atoms with Crippen molar-refractivity contribution in [3.63, 3.8) is 0 Å². The van der Waals surface area contributed by atoms with Crippen LogP contribution in [0.25, 0.3) is 0 Å². The SMILES string of the molecule is Cc1ncc(N)cc1C(=O)NCC(F)(F)C(F)F. The van der Waals surface area contributed by atoms with Crippen molar-refractivity contribution >= 4 is 11.6 Å². The molecule has 0 spiro atoms. The number of hydrogen-bond donors (Lipinski definition) is 2. The summed E-state index contributed by atoms with van der Waals surface area (Å²) in [5, 5.41) is 1.72. The topological polar surface area (TPSA) is 68.0 Å². The second-order valence-electron chi connectivity index (χ2n) is 3.65. The lowest BCUT2D eigenvalue weighted by Gasteiger charge is -2.16. The smallest absolute Gasteiger partial charge is 0.324 e. The molecule has 100 valence electrons. The second kappa shape index (κ2) is 5.19. The van der Waals surface area contributed by atoms with E-state index in [1.54, 1.807) is 5.32 Å². The Hall–Kier alpha value is -1.86. The van der Waals surface area contributed by atoms with Gasteiger partial charge in [0.2, 0.25) is 0 Å². The molecule has 1 amide bonds. The molecular weight excluding hydrogens is 254 g/mol. The molecule has 0 aliphatic rings. The van der Waals surface area contributed by atoms with Crippen LogP contribution in [-0.4, -0.2) is 29.8 Å². The van der Waals surface area contributed by atoms with E-state index in [0.29, 0.717) is 0 Å². The summed E-state index contributed by atoms with van der Waals surface area (Å²) in [6, 6.07) is 1.23. The van der Waals surface area contributed by atoms with Crippen LogP contribution in [0.4, 0.5) is 23.2 Å². The van der Waals surface area contributed by atoms with Gasteiger partial charge in [-0.15, -0.1) is 0 Å². The molecule has 0 aliphatic carbocycles. The van der Waals surface area contributed by atoms with Crippen LogP contribution in [-0.2, 0) is 0 Å². The maximum absolute atomic E-state index is 12.6. The molecule has 1 rings (SSSR count). The van der Waals surface area contributed by atoms with E-state index in [4.69, 9.17) is 5.73 Å². The van der Waals surface area contributed by atoms with Crippen LogP contribution in [0.1, 0.15) is 16.1 Å². The van der Waals surface area contributed by atoms with E-state index in [0.717, 1.165) is 0 Å².